The number of carbonyl (C=O) groups is 1. The summed E-state index contributed by atoms with van der Waals surface area (Å²) < 4.78 is 31.8. The Morgan fingerprint density at radius 2 is 1.56 bits per heavy atom. The van der Waals surface area contributed by atoms with E-state index in [1.54, 1.807) is 0 Å². The molecule has 0 amide bonds. The number of carbonyl (C=O) groups excluding carboxylic acids is 1. The number of aliphatic hydroxyl groups is 2. The van der Waals surface area contributed by atoms with E-state index < -0.39 is 28.5 Å². The van der Waals surface area contributed by atoms with E-state index in [4.69, 9.17) is 23.7 Å². The van der Waals surface area contributed by atoms with Gasteiger partial charge in [-0.3, -0.25) is 4.79 Å². The van der Waals surface area contributed by atoms with Crippen LogP contribution in [0, 0.1) is 0 Å². The number of hydrogen-bond acceptors (Lipinski definition) is 8. The molecule has 0 aromatic carbocycles. The third kappa shape index (κ3) is 7.02. The van der Waals surface area contributed by atoms with Gasteiger partial charge in [0.2, 0.25) is 0 Å². The number of halogens is 1. The molecule has 10 atom stereocenters. The Hall–Kier alpha value is -0.290. The van der Waals surface area contributed by atoms with Gasteiger partial charge in [0.1, 0.15) is 5.60 Å². The van der Waals surface area contributed by atoms with Gasteiger partial charge in [-0.15, -0.1) is 0 Å². The van der Waals surface area contributed by atoms with E-state index >= 15 is 0 Å². The Balaban J connectivity index is 1.32. The molecule has 4 rings (SSSR count). The van der Waals surface area contributed by atoms with Gasteiger partial charge in [0.15, 0.2) is 0 Å². The molecular formula is C32H55BrO8. The predicted molar refractivity (Wildman–Crippen MR) is 160 cm³/mol. The largest absolute Gasteiger partial charge is 0.457 e. The molecule has 0 unspecified atom stereocenters. The molecule has 4 fully saturated rings. The molecule has 8 nitrogen and oxygen atoms in total. The van der Waals surface area contributed by atoms with Crippen LogP contribution in [0.1, 0.15) is 127 Å². The second-order valence-corrected chi connectivity index (χ2v) is 16.3. The molecule has 0 aromatic heterocycles. The summed E-state index contributed by atoms with van der Waals surface area (Å²) in [5.74, 6) is -0.348. The highest BCUT2D eigenvalue weighted by Gasteiger charge is 2.55. The Morgan fingerprint density at radius 3 is 2.20 bits per heavy atom. The molecule has 4 heterocycles. The number of hydrogen-bond donors (Lipinski definition) is 2. The second-order valence-electron chi connectivity index (χ2n) is 15.2. The maximum Gasteiger partial charge on any atom is 0.303 e. The average molecular weight is 648 g/mol. The van der Waals surface area contributed by atoms with Gasteiger partial charge in [0.25, 0.3) is 0 Å². The molecular weight excluding hydrogens is 592 g/mol. The number of aliphatic hydroxyl groups excluding tert-OH is 1. The summed E-state index contributed by atoms with van der Waals surface area (Å²) >= 11 is 3.79. The maximum absolute atomic E-state index is 11.6. The summed E-state index contributed by atoms with van der Waals surface area (Å²) in [4.78, 5) is 11.9. The first-order valence-electron chi connectivity index (χ1n) is 15.7. The highest BCUT2D eigenvalue weighted by Crippen LogP contribution is 2.49. The van der Waals surface area contributed by atoms with E-state index in [2.05, 4.69) is 43.6 Å². The molecule has 4 aliphatic rings. The van der Waals surface area contributed by atoms with Crippen LogP contribution in [0.5, 0.6) is 0 Å². The number of rotatable bonds is 8. The Bertz CT molecular complexity index is 954. The van der Waals surface area contributed by atoms with E-state index in [1.165, 1.54) is 6.92 Å². The first kappa shape index (κ1) is 33.6. The van der Waals surface area contributed by atoms with Crippen molar-refractivity contribution in [2.45, 2.75) is 195 Å². The molecule has 0 aromatic rings. The van der Waals surface area contributed by atoms with Crippen LogP contribution in [0.3, 0.4) is 0 Å². The molecule has 238 valence electrons. The molecule has 9 heteroatoms. The van der Waals surface area contributed by atoms with E-state index in [0.29, 0.717) is 36.9 Å². The van der Waals surface area contributed by atoms with E-state index in [1.807, 2.05) is 27.7 Å². The quantitative estimate of drug-likeness (QED) is 0.254. The van der Waals surface area contributed by atoms with Gasteiger partial charge in [-0.05, 0) is 120 Å². The number of fused-ring (bicyclic) bond motifs is 1. The van der Waals surface area contributed by atoms with Crippen LogP contribution in [-0.4, -0.2) is 85.1 Å². The van der Waals surface area contributed by atoms with Crippen molar-refractivity contribution in [2.24, 2.45) is 0 Å². The lowest BCUT2D eigenvalue weighted by Crippen LogP contribution is -2.63. The van der Waals surface area contributed by atoms with Crippen LogP contribution in [0.25, 0.3) is 0 Å². The van der Waals surface area contributed by atoms with Gasteiger partial charge in [-0.25, -0.2) is 0 Å². The van der Waals surface area contributed by atoms with Crippen LogP contribution >= 0.6 is 15.9 Å². The van der Waals surface area contributed by atoms with Crippen LogP contribution < -0.4 is 0 Å². The third-order valence-corrected chi connectivity index (χ3v) is 12.2. The van der Waals surface area contributed by atoms with Crippen molar-refractivity contribution in [2.75, 3.05) is 0 Å². The highest BCUT2D eigenvalue weighted by molar-refractivity contribution is 9.09. The van der Waals surface area contributed by atoms with Gasteiger partial charge in [0, 0.05) is 11.8 Å². The fourth-order valence-electron chi connectivity index (χ4n) is 7.70. The van der Waals surface area contributed by atoms with Crippen molar-refractivity contribution in [3.63, 3.8) is 0 Å². The van der Waals surface area contributed by atoms with Gasteiger partial charge >= 0.3 is 5.97 Å². The second kappa shape index (κ2) is 11.6. The minimum Gasteiger partial charge on any atom is -0.457 e. The fourth-order valence-corrected chi connectivity index (χ4v) is 8.02. The van der Waals surface area contributed by atoms with Crippen molar-refractivity contribution in [3.8, 4) is 0 Å². The van der Waals surface area contributed by atoms with Crippen molar-refractivity contribution >= 4 is 21.9 Å². The summed E-state index contributed by atoms with van der Waals surface area (Å²) in [5.41, 5.74) is -3.71. The molecule has 0 saturated carbocycles. The topological polar surface area (TPSA) is 104 Å². The monoisotopic (exact) mass is 646 g/mol. The Kier molecular flexibility index (Phi) is 9.48. The minimum atomic E-state index is -1.11. The van der Waals surface area contributed by atoms with Crippen molar-refractivity contribution in [1.29, 1.82) is 0 Å². The molecule has 0 aliphatic carbocycles. The summed E-state index contributed by atoms with van der Waals surface area (Å²) in [6, 6.07) is 0. The first-order chi connectivity index (χ1) is 18.7. The molecule has 41 heavy (non-hydrogen) atoms. The summed E-state index contributed by atoms with van der Waals surface area (Å²) in [6.45, 7) is 17.4. The summed E-state index contributed by atoms with van der Waals surface area (Å²) in [7, 11) is 0. The fraction of sp³-hybridized carbons (Fsp3) is 0.969. The Labute approximate surface area is 255 Å². The van der Waals surface area contributed by atoms with E-state index in [-0.39, 0.29) is 41.6 Å². The van der Waals surface area contributed by atoms with E-state index in [9.17, 15) is 15.0 Å². The number of esters is 1. The smallest absolute Gasteiger partial charge is 0.303 e. The zero-order valence-electron chi connectivity index (χ0n) is 26.8. The Morgan fingerprint density at radius 1 is 0.927 bits per heavy atom. The highest BCUT2D eigenvalue weighted by atomic mass is 79.9. The molecule has 2 N–H and O–H groups in total. The summed E-state index contributed by atoms with van der Waals surface area (Å²) in [6.07, 6.45) is 5.85. The van der Waals surface area contributed by atoms with Crippen molar-refractivity contribution in [1.82, 2.24) is 0 Å². The SMILES string of the molecule is CC(=O)OC(C)(C)[C@H]1CC[C@](C)([C@@H](O)CC[C@](C)(O)[C@H]2CC[C@H]3O[C@@H]([C@]4(C)CC[C@@H](Br)C(C)(C)O4)CC[C@]3(C)O2)O1. The lowest BCUT2D eigenvalue weighted by Gasteiger charge is -2.56. The van der Waals surface area contributed by atoms with Crippen LogP contribution in [-0.2, 0) is 28.5 Å². The summed E-state index contributed by atoms with van der Waals surface area (Å²) in [5, 5.41) is 22.8. The molecule has 0 bridgehead atoms. The molecule has 4 aliphatic heterocycles. The zero-order valence-corrected chi connectivity index (χ0v) is 28.3. The third-order valence-electron chi connectivity index (χ3n) is 10.7. The normalized spacial score (nSPS) is 43.6. The average Bonchev–Trinajstić information content (AvgIpc) is 3.27. The van der Waals surface area contributed by atoms with Gasteiger partial charge < -0.3 is 33.9 Å². The standard InChI is InChI=1S/C32H55BrO8/c1-20(34)38-28(4,5)23-14-18-30(7,39-23)22(35)13-16-29(6,36)24-10-11-25-31(8,40-24)19-15-26(37-25)32(9)17-12-21(33)27(2,3)41-32/h21-26,35-36H,10-19H2,1-9H3/t21-,22+,23-,24-,25-,26-,29+,30-,31+,32+/m1/s1. The molecule has 0 radical (unpaired) electrons. The molecule has 0 spiro atoms. The lowest BCUT2D eigenvalue weighted by molar-refractivity contribution is -0.301. The predicted octanol–water partition coefficient (Wildman–Crippen LogP) is 5.75. The van der Waals surface area contributed by atoms with E-state index in [0.717, 1.165) is 32.1 Å². The van der Waals surface area contributed by atoms with Crippen LogP contribution in [0.15, 0.2) is 0 Å². The maximum atomic E-state index is 11.6. The molecule has 4 saturated heterocycles. The van der Waals surface area contributed by atoms with Gasteiger partial charge in [-0.1, -0.05) is 15.9 Å². The van der Waals surface area contributed by atoms with Crippen LogP contribution in [0.2, 0.25) is 0 Å². The van der Waals surface area contributed by atoms with Crippen molar-refractivity contribution in [3.05, 3.63) is 0 Å². The lowest BCUT2D eigenvalue weighted by atomic mass is 9.75. The van der Waals surface area contributed by atoms with Gasteiger partial charge in [0.05, 0.1) is 58.5 Å². The first-order valence-corrected chi connectivity index (χ1v) is 16.6. The van der Waals surface area contributed by atoms with Gasteiger partial charge in [-0.2, -0.15) is 0 Å². The van der Waals surface area contributed by atoms with Crippen LogP contribution in [0.4, 0.5) is 0 Å². The number of ether oxygens (including phenoxy) is 5. The van der Waals surface area contributed by atoms with Crippen molar-refractivity contribution < 1.29 is 38.7 Å². The minimum absolute atomic E-state index is 0.0115. The zero-order chi connectivity index (χ0) is 30.6. The number of alkyl halides is 1.